The predicted molar refractivity (Wildman–Crippen MR) is 119 cm³/mol. The summed E-state index contributed by atoms with van der Waals surface area (Å²) in [5.74, 6) is 0.284. The van der Waals surface area contributed by atoms with E-state index < -0.39 is 0 Å². The monoisotopic (exact) mass is 394 g/mol. The Balaban J connectivity index is 1.89. The summed E-state index contributed by atoms with van der Waals surface area (Å²) in [6, 6.07) is 20.5. The highest BCUT2D eigenvalue weighted by atomic mass is 16.2. The number of hydrogen-bond acceptors (Lipinski definition) is 2. The van der Waals surface area contributed by atoms with E-state index in [1.807, 2.05) is 60.0 Å². The van der Waals surface area contributed by atoms with Crippen LogP contribution in [0.2, 0.25) is 0 Å². The number of rotatable bonds is 12. The van der Waals surface area contributed by atoms with Gasteiger partial charge < -0.3 is 9.80 Å². The van der Waals surface area contributed by atoms with Crippen LogP contribution in [0.15, 0.2) is 60.7 Å². The second-order valence-electron chi connectivity index (χ2n) is 7.27. The van der Waals surface area contributed by atoms with Gasteiger partial charge in [0.2, 0.25) is 11.8 Å². The number of benzene rings is 2. The zero-order valence-electron chi connectivity index (χ0n) is 17.8. The molecule has 0 fully saturated rings. The van der Waals surface area contributed by atoms with Gasteiger partial charge in [0.25, 0.3) is 0 Å². The molecule has 0 bridgehead atoms. The lowest BCUT2D eigenvalue weighted by molar-refractivity contribution is -0.132. The minimum atomic E-state index is 0.142. The first kappa shape index (κ1) is 22.7. The summed E-state index contributed by atoms with van der Waals surface area (Å²) in [4.78, 5) is 28.8. The Labute approximate surface area is 175 Å². The Morgan fingerprint density at radius 3 is 1.48 bits per heavy atom. The Morgan fingerprint density at radius 2 is 1.07 bits per heavy atom. The summed E-state index contributed by atoms with van der Waals surface area (Å²) >= 11 is 0. The number of carbonyl (C=O) groups is 2. The molecule has 2 rings (SSSR count). The van der Waals surface area contributed by atoms with Crippen molar-refractivity contribution in [3.63, 3.8) is 0 Å². The van der Waals surface area contributed by atoms with Crippen LogP contribution in [-0.2, 0) is 22.4 Å². The molecule has 0 radical (unpaired) electrons. The van der Waals surface area contributed by atoms with Crippen LogP contribution in [-0.4, -0.2) is 47.8 Å². The maximum Gasteiger partial charge on any atom is 0.222 e. The average molecular weight is 395 g/mol. The van der Waals surface area contributed by atoms with Gasteiger partial charge in [0.15, 0.2) is 0 Å². The largest absolute Gasteiger partial charge is 0.343 e. The van der Waals surface area contributed by atoms with Gasteiger partial charge in [-0.25, -0.2) is 0 Å². The lowest BCUT2D eigenvalue weighted by Crippen LogP contribution is -2.35. The van der Waals surface area contributed by atoms with Crippen LogP contribution in [0.5, 0.6) is 0 Å². The molecule has 0 saturated carbocycles. The molecule has 2 aromatic carbocycles. The molecule has 2 aromatic rings. The number of hydrogen-bond donors (Lipinski definition) is 0. The van der Waals surface area contributed by atoms with Crippen LogP contribution in [0.3, 0.4) is 0 Å². The Bertz CT molecular complexity index is 684. The topological polar surface area (TPSA) is 40.6 Å². The van der Waals surface area contributed by atoms with E-state index in [-0.39, 0.29) is 11.8 Å². The fourth-order valence-corrected chi connectivity index (χ4v) is 3.46. The SMILES string of the molecule is CCN(CC)C(=O)CCCC(=O)N(CCc1ccccc1)CCc1ccccc1. The van der Waals surface area contributed by atoms with Gasteiger partial charge in [0, 0.05) is 39.0 Å². The second kappa shape index (κ2) is 12.8. The van der Waals surface area contributed by atoms with Gasteiger partial charge in [0.05, 0.1) is 0 Å². The maximum absolute atomic E-state index is 12.9. The highest BCUT2D eigenvalue weighted by molar-refractivity contribution is 5.79. The van der Waals surface area contributed by atoms with Crippen molar-refractivity contribution in [2.24, 2.45) is 0 Å². The summed E-state index contributed by atoms with van der Waals surface area (Å²) in [5.41, 5.74) is 2.48. The molecule has 4 nitrogen and oxygen atoms in total. The van der Waals surface area contributed by atoms with E-state index in [0.29, 0.717) is 32.4 Å². The standard InChI is InChI=1S/C25H34N2O2/c1-3-26(4-2)24(28)16-11-17-25(29)27(20-18-22-12-7-5-8-13-22)21-19-23-14-9-6-10-15-23/h5-10,12-15H,3-4,11,16-21H2,1-2H3. The Kier molecular flexibility index (Phi) is 9.98. The van der Waals surface area contributed by atoms with Gasteiger partial charge in [-0.3, -0.25) is 9.59 Å². The molecule has 4 heteroatoms. The second-order valence-corrected chi connectivity index (χ2v) is 7.27. The van der Waals surface area contributed by atoms with Crippen molar-refractivity contribution in [1.82, 2.24) is 9.80 Å². The molecule has 2 amide bonds. The van der Waals surface area contributed by atoms with Gasteiger partial charge in [0.1, 0.15) is 0 Å². The first-order chi connectivity index (χ1) is 14.1. The van der Waals surface area contributed by atoms with E-state index in [1.54, 1.807) is 0 Å². The van der Waals surface area contributed by atoms with Crippen LogP contribution in [0, 0.1) is 0 Å². The van der Waals surface area contributed by atoms with E-state index >= 15 is 0 Å². The molecule has 0 N–H and O–H groups in total. The minimum absolute atomic E-state index is 0.142. The molecule has 0 aliphatic carbocycles. The molecule has 0 aromatic heterocycles. The van der Waals surface area contributed by atoms with Crippen molar-refractivity contribution in [3.05, 3.63) is 71.8 Å². The van der Waals surface area contributed by atoms with Crippen LogP contribution >= 0.6 is 0 Å². The summed E-state index contributed by atoms with van der Waals surface area (Å²) in [5, 5.41) is 0. The highest BCUT2D eigenvalue weighted by Crippen LogP contribution is 2.09. The quantitative estimate of drug-likeness (QED) is 0.537. The van der Waals surface area contributed by atoms with E-state index in [1.165, 1.54) is 11.1 Å². The van der Waals surface area contributed by atoms with E-state index in [0.717, 1.165) is 25.9 Å². The molecular weight excluding hydrogens is 360 g/mol. The van der Waals surface area contributed by atoms with Crippen molar-refractivity contribution in [3.8, 4) is 0 Å². The molecule has 0 unspecified atom stereocenters. The van der Waals surface area contributed by atoms with Crippen LogP contribution in [0.25, 0.3) is 0 Å². The van der Waals surface area contributed by atoms with Gasteiger partial charge in [-0.2, -0.15) is 0 Å². The van der Waals surface area contributed by atoms with Crippen molar-refractivity contribution in [1.29, 1.82) is 0 Å². The van der Waals surface area contributed by atoms with Crippen molar-refractivity contribution >= 4 is 11.8 Å². The van der Waals surface area contributed by atoms with Crippen molar-refractivity contribution < 1.29 is 9.59 Å². The molecule has 0 spiro atoms. The number of carbonyl (C=O) groups excluding carboxylic acids is 2. The molecule has 156 valence electrons. The zero-order chi connectivity index (χ0) is 20.9. The van der Waals surface area contributed by atoms with Crippen molar-refractivity contribution in [2.45, 2.75) is 46.0 Å². The maximum atomic E-state index is 12.9. The Hall–Kier alpha value is -2.62. The average Bonchev–Trinajstić information content (AvgIpc) is 2.76. The van der Waals surface area contributed by atoms with Gasteiger partial charge in [-0.1, -0.05) is 60.7 Å². The molecule has 0 saturated heterocycles. The fraction of sp³-hybridized carbons (Fsp3) is 0.440. The lowest BCUT2D eigenvalue weighted by Gasteiger charge is -2.23. The zero-order valence-corrected chi connectivity index (χ0v) is 17.8. The first-order valence-corrected chi connectivity index (χ1v) is 10.8. The van der Waals surface area contributed by atoms with E-state index in [9.17, 15) is 9.59 Å². The summed E-state index contributed by atoms with van der Waals surface area (Å²) in [6.45, 7) is 6.84. The molecular formula is C25H34N2O2. The first-order valence-electron chi connectivity index (χ1n) is 10.8. The van der Waals surface area contributed by atoms with Gasteiger partial charge in [-0.05, 0) is 44.2 Å². The Morgan fingerprint density at radius 1 is 0.655 bits per heavy atom. The third-order valence-corrected chi connectivity index (χ3v) is 5.28. The molecule has 0 atom stereocenters. The lowest BCUT2D eigenvalue weighted by atomic mass is 10.1. The molecule has 0 aliphatic heterocycles. The van der Waals surface area contributed by atoms with Gasteiger partial charge in [-0.15, -0.1) is 0 Å². The smallest absolute Gasteiger partial charge is 0.222 e. The minimum Gasteiger partial charge on any atom is -0.343 e. The van der Waals surface area contributed by atoms with Crippen LogP contribution in [0.4, 0.5) is 0 Å². The summed E-state index contributed by atoms with van der Waals surface area (Å²) in [6.07, 6.45) is 3.18. The molecule has 0 aliphatic rings. The fourth-order valence-electron chi connectivity index (χ4n) is 3.46. The molecule has 29 heavy (non-hydrogen) atoms. The summed E-state index contributed by atoms with van der Waals surface area (Å²) < 4.78 is 0. The summed E-state index contributed by atoms with van der Waals surface area (Å²) in [7, 11) is 0. The van der Waals surface area contributed by atoms with Gasteiger partial charge >= 0.3 is 0 Å². The van der Waals surface area contributed by atoms with Crippen molar-refractivity contribution in [2.75, 3.05) is 26.2 Å². The number of nitrogens with zero attached hydrogens (tertiary/aromatic N) is 2. The van der Waals surface area contributed by atoms with Crippen LogP contribution in [0.1, 0.15) is 44.2 Å². The van der Waals surface area contributed by atoms with E-state index in [4.69, 9.17) is 0 Å². The third kappa shape index (κ3) is 8.10. The van der Waals surface area contributed by atoms with Crippen LogP contribution < -0.4 is 0 Å². The number of amides is 2. The normalized spacial score (nSPS) is 10.6. The van der Waals surface area contributed by atoms with E-state index in [2.05, 4.69) is 24.3 Å². The predicted octanol–water partition coefficient (Wildman–Crippen LogP) is 4.34. The third-order valence-electron chi connectivity index (χ3n) is 5.28. The highest BCUT2D eigenvalue weighted by Gasteiger charge is 2.15. The molecule has 0 heterocycles.